The van der Waals surface area contributed by atoms with Crippen LogP contribution >= 0.6 is 0 Å². The molecule has 0 saturated carbocycles. The third kappa shape index (κ3) is 5.09. The SMILES string of the molecule is C=CCOCc1cc(CNCC(C)C)no1. The van der Waals surface area contributed by atoms with Crippen molar-refractivity contribution in [1.29, 1.82) is 0 Å². The lowest BCUT2D eigenvalue weighted by atomic mass is 10.2. The topological polar surface area (TPSA) is 47.3 Å². The van der Waals surface area contributed by atoms with E-state index < -0.39 is 0 Å². The Hall–Kier alpha value is -1.13. The number of rotatable bonds is 8. The summed E-state index contributed by atoms with van der Waals surface area (Å²) in [6.07, 6.45) is 1.71. The van der Waals surface area contributed by atoms with Gasteiger partial charge in [0.2, 0.25) is 0 Å². The van der Waals surface area contributed by atoms with Crippen LogP contribution in [0.1, 0.15) is 25.3 Å². The van der Waals surface area contributed by atoms with Crippen LogP contribution in [0.15, 0.2) is 23.2 Å². The van der Waals surface area contributed by atoms with Gasteiger partial charge in [-0.1, -0.05) is 25.1 Å². The Morgan fingerprint density at radius 2 is 2.44 bits per heavy atom. The van der Waals surface area contributed by atoms with Crippen molar-refractivity contribution in [3.63, 3.8) is 0 Å². The Bertz CT molecular complexity index is 308. The highest BCUT2D eigenvalue weighted by molar-refractivity contribution is 5.04. The average molecular weight is 224 g/mol. The first kappa shape index (κ1) is 12.9. The van der Waals surface area contributed by atoms with E-state index >= 15 is 0 Å². The highest BCUT2D eigenvalue weighted by atomic mass is 16.5. The fraction of sp³-hybridized carbons (Fsp3) is 0.583. The smallest absolute Gasteiger partial charge is 0.162 e. The van der Waals surface area contributed by atoms with Gasteiger partial charge in [0.1, 0.15) is 6.61 Å². The van der Waals surface area contributed by atoms with Crippen LogP contribution < -0.4 is 5.32 Å². The molecule has 0 bridgehead atoms. The predicted octanol–water partition coefficient (Wildman–Crippen LogP) is 2.12. The summed E-state index contributed by atoms with van der Waals surface area (Å²) in [5.41, 5.74) is 0.915. The zero-order chi connectivity index (χ0) is 11.8. The van der Waals surface area contributed by atoms with Crippen molar-refractivity contribution >= 4 is 0 Å². The fourth-order valence-electron chi connectivity index (χ4n) is 1.24. The molecule has 0 aliphatic rings. The van der Waals surface area contributed by atoms with Crippen molar-refractivity contribution in [2.45, 2.75) is 27.0 Å². The van der Waals surface area contributed by atoms with Gasteiger partial charge in [-0.05, 0) is 12.5 Å². The number of hydrogen-bond acceptors (Lipinski definition) is 4. The molecule has 16 heavy (non-hydrogen) atoms. The van der Waals surface area contributed by atoms with Gasteiger partial charge in [0.05, 0.1) is 12.3 Å². The van der Waals surface area contributed by atoms with Crippen molar-refractivity contribution in [3.8, 4) is 0 Å². The highest BCUT2D eigenvalue weighted by Crippen LogP contribution is 2.05. The molecule has 4 nitrogen and oxygen atoms in total. The second kappa shape index (κ2) is 7.19. The van der Waals surface area contributed by atoms with Crippen LogP contribution in [0.4, 0.5) is 0 Å². The lowest BCUT2D eigenvalue weighted by molar-refractivity contribution is 0.125. The molecule has 0 saturated heterocycles. The first-order valence-electron chi connectivity index (χ1n) is 5.56. The fourth-order valence-corrected chi connectivity index (χ4v) is 1.24. The average Bonchev–Trinajstić information content (AvgIpc) is 2.66. The monoisotopic (exact) mass is 224 g/mol. The van der Waals surface area contributed by atoms with Crippen LogP contribution in [0.5, 0.6) is 0 Å². The van der Waals surface area contributed by atoms with Gasteiger partial charge < -0.3 is 14.6 Å². The molecule has 4 heteroatoms. The van der Waals surface area contributed by atoms with Crippen molar-refractivity contribution in [2.75, 3.05) is 13.2 Å². The van der Waals surface area contributed by atoms with Crippen LogP contribution in [-0.4, -0.2) is 18.3 Å². The third-order valence-electron chi connectivity index (χ3n) is 1.95. The van der Waals surface area contributed by atoms with E-state index in [0.29, 0.717) is 19.1 Å². The number of hydrogen-bond donors (Lipinski definition) is 1. The minimum absolute atomic E-state index is 0.448. The minimum Gasteiger partial charge on any atom is -0.369 e. The van der Waals surface area contributed by atoms with Crippen LogP contribution in [-0.2, 0) is 17.9 Å². The molecule has 1 heterocycles. The molecular formula is C12H20N2O2. The van der Waals surface area contributed by atoms with Crippen molar-refractivity contribution < 1.29 is 9.26 Å². The molecule has 0 radical (unpaired) electrons. The molecule has 1 aromatic heterocycles. The summed E-state index contributed by atoms with van der Waals surface area (Å²) >= 11 is 0. The summed E-state index contributed by atoms with van der Waals surface area (Å²) in [6, 6.07) is 1.91. The van der Waals surface area contributed by atoms with E-state index in [1.807, 2.05) is 6.07 Å². The summed E-state index contributed by atoms with van der Waals surface area (Å²) in [5.74, 6) is 1.39. The van der Waals surface area contributed by atoms with Crippen LogP contribution in [0.25, 0.3) is 0 Å². The molecule has 0 unspecified atom stereocenters. The van der Waals surface area contributed by atoms with Gasteiger partial charge in [-0.2, -0.15) is 0 Å². The lowest BCUT2D eigenvalue weighted by Crippen LogP contribution is -2.19. The molecule has 0 amide bonds. The van der Waals surface area contributed by atoms with E-state index in [4.69, 9.17) is 9.26 Å². The lowest BCUT2D eigenvalue weighted by Gasteiger charge is -2.04. The van der Waals surface area contributed by atoms with Gasteiger partial charge in [-0.25, -0.2) is 0 Å². The van der Waals surface area contributed by atoms with E-state index in [2.05, 4.69) is 30.9 Å². The molecule has 0 aliphatic carbocycles. The van der Waals surface area contributed by atoms with Gasteiger partial charge in [0.25, 0.3) is 0 Å². The molecule has 0 fully saturated rings. The third-order valence-corrected chi connectivity index (χ3v) is 1.95. The van der Waals surface area contributed by atoms with Gasteiger partial charge in [0.15, 0.2) is 5.76 Å². The Balaban J connectivity index is 2.25. The zero-order valence-electron chi connectivity index (χ0n) is 10.0. The van der Waals surface area contributed by atoms with E-state index in [1.54, 1.807) is 6.08 Å². The Morgan fingerprint density at radius 3 is 3.12 bits per heavy atom. The Labute approximate surface area is 96.7 Å². The molecule has 0 spiro atoms. The molecule has 1 rings (SSSR count). The summed E-state index contributed by atoms with van der Waals surface area (Å²) in [6.45, 7) is 10.6. The van der Waals surface area contributed by atoms with Crippen molar-refractivity contribution in [3.05, 3.63) is 30.2 Å². The largest absolute Gasteiger partial charge is 0.369 e. The maximum Gasteiger partial charge on any atom is 0.162 e. The summed E-state index contributed by atoms with van der Waals surface area (Å²) in [5, 5.41) is 7.25. The molecular weight excluding hydrogens is 204 g/mol. The predicted molar refractivity (Wildman–Crippen MR) is 62.9 cm³/mol. The second-order valence-corrected chi connectivity index (χ2v) is 4.11. The summed E-state index contributed by atoms with van der Waals surface area (Å²) in [4.78, 5) is 0. The first-order valence-corrected chi connectivity index (χ1v) is 5.56. The maximum absolute atomic E-state index is 5.25. The highest BCUT2D eigenvalue weighted by Gasteiger charge is 2.03. The Kier molecular flexibility index (Phi) is 5.82. The first-order chi connectivity index (χ1) is 7.72. The van der Waals surface area contributed by atoms with E-state index in [1.165, 1.54) is 0 Å². The summed E-state index contributed by atoms with van der Waals surface area (Å²) in [7, 11) is 0. The van der Waals surface area contributed by atoms with E-state index in [-0.39, 0.29) is 0 Å². The minimum atomic E-state index is 0.448. The normalized spacial score (nSPS) is 10.9. The van der Waals surface area contributed by atoms with Gasteiger partial charge in [-0.15, -0.1) is 6.58 Å². The zero-order valence-corrected chi connectivity index (χ0v) is 10.0. The van der Waals surface area contributed by atoms with Gasteiger partial charge in [0, 0.05) is 12.6 Å². The standard InChI is InChI=1S/C12H20N2O2/c1-4-5-15-9-12-6-11(14-16-12)8-13-7-10(2)3/h4,6,10,13H,1,5,7-9H2,2-3H3. The van der Waals surface area contributed by atoms with E-state index in [0.717, 1.165) is 24.5 Å². The van der Waals surface area contributed by atoms with Gasteiger partial charge >= 0.3 is 0 Å². The number of nitrogens with one attached hydrogen (secondary N) is 1. The van der Waals surface area contributed by atoms with Crippen molar-refractivity contribution in [1.82, 2.24) is 10.5 Å². The second-order valence-electron chi connectivity index (χ2n) is 4.11. The van der Waals surface area contributed by atoms with E-state index in [9.17, 15) is 0 Å². The molecule has 90 valence electrons. The maximum atomic E-state index is 5.25. The van der Waals surface area contributed by atoms with Crippen LogP contribution in [0, 0.1) is 5.92 Å². The van der Waals surface area contributed by atoms with Crippen LogP contribution in [0.3, 0.4) is 0 Å². The number of nitrogens with zero attached hydrogens (tertiary/aromatic N) is 1. The molecule has 0 aromatic carbocycles. The quantitative estimate of drug-likeness (QED) is 0.543. The number of ether oxygens (including phenoxy) is 1. The molecule has 1 aromatic rings. The van der Waals surface area contributed by atoms with Crippen LogP contribution in [0.2, 0.25) is 0 Å². The number of aromatic nitrogens is 1. The summed E-state index contributed by atoms with van der Waals surface area (Å²) < 4.78 is 10.4. The molecule has 0 aliphatic heterocycles. The Morgan fingerprint density at radius 1 is 1.62 bits per heavy atom. The molecule has 1 N–H and O–H groups in total. The van der Waals surface area contributed by atoms with Crippen molar-refractivity contribution in [2.24, 2.45) is 5.92 Å². The molecule has 0 atom stereocenters. The van der Waals surface area contributed by atoms with Gasteiger partial charge in [-0.3, -0.25) is 0 Å².